The lowest BCUT2D eigenvalue weighted by Gasteiger charge is -2.24. The van der Waals surface area contributed by atoms with E-state index in [-0.39, 0.29) is 13.2 Å². The molecule has 0 saturated carbocycles. The zero-order chi connectivity index (χ0) is 25.5. The molecule has 8 heteroatoms. The van der Waals surface area contributed by atoms with Gasteiger partial charge in [0.25, 0.3) is 0 Å². The maximum atomic E-state index is 11.9. The van der Waals surface area contributed by atoms with Gasteiger partial charge in [0.2, 0.25) is 0 Å². The molecule has 2 atom stereocenters. The van der Waals surface area contributed by atoms with Crippen LogP contribution in [0.3, 0.4) is 0 Å². The highest BCUT2D eigenvalue weighted by Crippen LogP contribution is 2.42. The number of hydrogen-bond acceptors (Lipinski definition) is 5. The van der Waals surface area contributed by atoms with Gasteiger partial charge in [-0.15, -0.1) is 0 Å². The van der Waals surface area contributed by atoms with Crippen LogP contribution in [-0.2, 0) is 18.3 Å². The van der Waals surface area contributed by atoms with E-state index in [9.17, 15) is 9.46 Å². The van der Waals surface area contributed by atoms with Crippen LogP contribution >= 0.6 is 7.82 Å². The molecule has 0 aromatic rings. The molecule has 0 aliphatic heterocycles. The van der Waals surface area contributed by atoms with Gasteiger partial charge in [0.05, 0.1) is 40.4 Å². The van der Waals surface area contributed by atoms with Crippen LogP contribution in [0, 0.1) is 0 Å². The molecule has 0 rings (SSSR count). The van der Waals surface area contributed by atoms with Crippen molar-refractivity contribution in [3.8, 4) is 0 Å². The molecule has 0 aromatic carbocycles. The van der Waals surface area contributed by atoms with Gasteiger partial charge in [-0.2, -0.15) is 0 Å². The monoisotopic (exact) mass is 509 g/mol. The molecule has 2 unspecified atom stereocenters. The Morgan fingerprint density at radius 1 is 0.706 bits per heavy atom. The van der Waals surface area contributed by atoms with Crippen molar-refractivity contribution in [1.82, 2.24) is 0 Å². The largest absolute Gasteiger partial charge is 0.472 e. The third kappa shape index (κ3) is 26.6. The van der Waals surface area contributed by atoms with E-state index in [0.29, 0.717) is 24.2 Å². The number of hydrogen-bond donors (Lipinski definition) is 2. The summed E-state index contributed by atoms with van der Waals surface area (Å²) in [4.78, 5) is 9.70. The zero-order valence-corrected chi connectivity index (χ0v) is 23.9. The minimum Gasteiger partial charge on any atom is -0.380 e. The van der Waals surface area contributed by atoms with E-state index in [4.69, 9.17) is 19.5 Å². The van der Waals surface area contributed by atoms with Crippen molar-refractivity contribution in [2.75, 3.05) is 54.1 Å². The highest BCUT2D eigenvalue weighted by atomic mass is 31.2. The summed E-state index contributed by atoms with van der Waals surface area (Å²) in [6.45, 7) is 3.97. The normalized spacial score (nSPS) is 14.9. The van der Waals surface area contributed by atoms with Crippen LogP contribution in [0.15, 0.2) is 0 Å². The summed E-state index contributed by atoms with van der Waals surface area (Å²) in [7, 11) is 1.90. The molecular formula is C26H58N2O5P+. The van der Waals surface area contributed by atoms with Crippen LogP contribution in [0.4, 0.5) is 0 Å². The molecule has 0 radical (unpaired) electrons. The molecule has 0 fully saturated rings. The molecular weight excluding hydrogens is 451 g/mol. The fourth-order valence-electron chi connectivity index (χ4n) is 3.69. The SMILES string of the molecule is CCCCCCCCCCCCCCCCCCOCC(N)COP(=O)(O)OCC[N+](C)(C)C. The minimum atomic E-state index is -4.06. The van der Waals surface area contributed by atoms with Crippen LogP contribution in [0.25, 0.3) is 0 Å². The Bertz CT molecular complexity index is 488. The summed E-state index contributed by atoms with van der Waals surface area (Å²) >= 11 is 0. The van der Waals surface area contributed by atoms with Gasteiger partial charge in [-0.05, 0) is 6.42 Å². The van der Waals surface area contributed by atoms with Gasteiger partial charge in [0, 0.05) is 6.61 Å². The van der Waals surface area contributed by atoms with Gasteiger partial charge in [0.1, 0.15) is 13.2 Å². The highest BCUT2D eigenvalue weighted by molar-refractivity contribution is 7.47. The predicted octanol–water partition coefficient (Wildman–Crippen LogP) is 6.43. The number of nitrogens with zero attached hydrogens (tertiary/aromatic N) is 1. The Morgan fingerprint density at radius 2 is 1.15 bits per heavy atom. The van der Waals surface area contributed by atoms with E-state index in [0.717, 1.165) is 6.42 Å². The van der Waals surface area contributed by atoms with Gasteiger partial charge in [-0.1, -0.05) is 103 Å². The lowest BCUT2D eigenvalue weighted by atomic mass is 10.0. The highest BCUT2D eigenvalue weighted by Gasteiger charge is 2.23. The first-order valence-corrected chi connectivity index (χ1v) is 15.4. The second kappa shape index (κ2) is 22.2. The van der Waals surface area contributed by atoms with E-state index < -0.39 is 13.9 Å². The first kappa shape index (κ1) is 34.0. The maximum Gasteiger partial charge on any atom is 0.472 e. The fraction of sp³-hybridized carbons (Fsp3) is 1.00. The van der Waals surface area contributed by atoms with Crippen molar-refractivity contribution >= 4 is 7.82 Å². The molecule has 0 aliphatic rings. The van der Waals surface area contributed by atoms with E-state index in [1.54, 1.807) is 0 Å². The summed E-state index contributed by atoms with van der Waals surface area (Å²) in [5, 5.41) is 0. The Labute approximate surface area is 211 Å². The van der Waals surface area contributed by atoms with Crippen molar-refractivity contribution in [2.24, 2.45) is 5.73 Å². The second-order valence-electron chi connectivity index (χ2n) is 10.7. The quantitative estimate of drug-likeness (QED) is 0.0793. The first-order valence-electron chi connectivity index (χ1n) is 13.9. The molecule has 0 bridgehead atoms. The standard InChI is InChI=1S/C26H57N2O5P/c1-5-6-7-8-9-10-11-12-13-14-15-16-17-18-19-20-22-31-24-26(27)25-33-34(29,30)32-23-21-28(2,3)4/h26H,5-25,27H2,1-4H3/p+1. The van der Waals surface area contributed by atoms with Gasteiger partial charge in [-0.3, -0.25) is 9.05 Å². The predicted molar refractivity (Wildman–Crippen MR) is 143 cm³/mol. The fourth-order valence-corrected chi connectivity index (χ4v) is 4.46. The number of quaternary nitrogens is 1. The molecule has 7 nitrogen and oxygen atoms in total. The van der Waals surface area contributed by atoms with E-state index in [2.05, 4.69) is 6.92 Å². The molecule has 0 aliphatic carbocycles. The Balaban J connectivity index is 3.37. The van der Waals surface area contributed by atoms with Crippen molar-refractivity contribution in [2.45, 2.75) is 116 Å². The zero-order valence-electron chi connectivity index (χ0n) is 23.0. The summed E-state index contributed by atoms with van der Waals surface area (Å²) in [6, 6.07) is -0.441. The molecule has 34 heavy (non-hydrogen) atoms. The minimum absolute atomic E-state index is 0.0584. The average molecular weight is 510 g/mol. The molecule has 0 amide bonds. The molecule has 0 spiro atoms. The smallest absolute Gasteiger partial charge is 0.380 e. The van der Waals surface area contributed by atoms with Gasteiger partial charge >= 0.3 is 7.82 Å². The van der Waals surface area contributed by atoms with Crippen molar-refractivity contribution in [3.63, 3.8) is 0 Å². The van der Waals surface area contributed by atoms with Crippen LogP contribution in [-0.4, -0.2) is 69.5 Å². The van der Waals surface area contributed by atoms with E-state index in [1.807, 2.05) is 21.1 Å². The van der Waals surface area contributed by atoms with Crippen molar-refractivity contribution in [3.05, 3.63) is 0 Å². The van der Waals surface area contributed by atoms with E-state index >= 15 is 0 Å². The number of nitrogens with two attached hydrogens (primary N) is 1. The molecule has 0 saturated heterocycles. The maximum absolute atomic E-state index is 11.9. The van der Waals surface area contributed by atoms with Gasteiger partial charge in [0.15, 0.2) is 0 Å². The Kier molecular flexibility index (Phi) is 22.2. The first-order chi connectivity index (χ1) is 16.2. The lowest BCUT2D eigenvalue weighted by molar-refractivity contribution is -0.870. The summed E-state index contributed by atoms with van der Waals surface area (Å²) in [5.41, 5.74) is 5.91. The average Bonchev–Trinajstić information content (AvgIpc) is 2.76. The molecule has 206 valence electrons. The Morgan fingerprint density at radius 3 is 1.59 bits per heavy atom. The molecule has 0 aromatic heterocycles. The molecule has 3 N–H and O–H groups in total. The Hall–Kier alpha value is -0.0100. The summed E-state index contributed by atoms with van der Waals surface area (Å²) < 4.78 is 28.0. The van der Waals surface area contributed by atoms with E-state index in [1.165, 1.54) is 96.3 Å². The summed E-state index contributed by atoms with van der Waals surface area (Å²) in [6.07, 6.45) is 21.6. The molecule has 0 heterocycles. The van der Waals surface area contributed by atoms with Crippen LogP contribution in [0.5, 0.6) is 0 Å². The summed E-state index contributed by atoms with van der Waals surface area (Å²) in [5.74, 6) is 0. The van der Waals surface area contributed by atoms with Crippen LogP contribution in [0.2, 0.25) is 0 Å². The number of unbranched alkanes of at least 4 members (excludes halogenated alkanes) is 15. The number of ether oxygens (including phenoxy) is 1. The lowest BCUT2D eigenvalue weighted by Crippen LogP contribution is -2.37. The topological polar surface area (TPSA) is 91.0 Å². The number of likely N-dealkylation sites (N-methyl/N-ethyl adjacent to an activating group) is 1. The number of phosphoric acid groups is 1. The van der Waals surface area contributed by atoms with Crippen molar-refractivity contribution in [1.29, 1.82) is 0 Å². The third-order valence-electron chi connectivity index (χ3n) is 5.94. The number of rotatable bonds is 26. The van der Waals surface area contributed by atoms with Crippen LogP contribution < -0.4 is 5.73 Å². The van der Waals surface area contributed by atoms with Crippen LogP contribution in [0.1, 0.15) is 110 Å². The third-order valence-corrected chi connectivity index (χ3v) is 6.93. The van der Waals surface area contributed by atoms with Gasteiger partial charge < -0.3 is 19.8 Å². The second-order valence-corrected chi connectivity index (χ2v) is 12.2. The van der Waals surface area contributed by atoms with Crippen molar-refractivity contribution < 1.29 is 27.7 Å². The number of phosphoric ester groups is 1. The van der Waals surface area contributed by atoms with Gasteiger partial charge in [-0.25, -0.2) is 4.57 Å².